The molecule has 192 valence electrons. The van der Waals surface area contributed by atoms with Gasteiger partial charge in [0.25, 0.3) is 0 Å². The van der Waals surface area contributed by atoms with Crippen LogP contribution in [0.1, 0.15) is 54.7 Å². The molecule has 0 aliphatic heterocycles. The molecule has 1 aliphatic carbocycles. The number of fused-ring (bicyclic) bond motifs is 2. The first kappa shape index (κ1) is 26.2. The molecule has 0 fully saturated rings. The summed E-state index contributed by atoms with van der Waals surface area (Å²) in [4.78, 5) is 40.0. The Kier molecular flexibility index (Phi) is 6.74. The van der Waals surface area contributed by atoms with Gasteiger partial charge in [0.2, 0.25) is 5.78 Å². The first-order chi connectivity index (χ1) is 17.5. The number of carbonyl (C=O) groups excluding carboxylic acids is 3. The van der Waals surface area contributed by atoms with Gasteiger partial charge in [-0.25, -0.2) is 0 Å². The first-order valence-corrected chi connectivity index (χ1v) is 12.6. The first-order valence-electron chi connectivity index (χ1n) is 10.8. The number of hydrogen-bond donors (Lipinski definition) is 0. The van der Waals surface area contributed by atoms with Gasteiger partial charge < -0.3 is 18.4 Å². The molecule has 0 amide bonds. The highest BCUT2D eigenvalue weighted by molar-refractivity contribution is 7.87. The average molecular weight is 545 g/mol. The Bertz CT molecular complexity index is 1590. The molecular formula is C26H21ClO9S. The van der Waals surface area contributed by atoms with Crippen molar-refractivity contribution in [2.24, 2.45) is 0 Å². The number of benzene rings is 3. The number of rotatable bonds is 7. The van der Waals surface area contributed by atoms with Crippen molar-refractivity contribution in [1.29, 1.82) is 0 Å². The van der Waals surface area contributed by atoms with Gasteiger partial charge >= 0.3 is 10.1 Å². The molecule has 0 aromatic heterocycles. The van der Waals surface area contributed by atoms with E-state index in [0.717, 1.165) is 12.5 Å². The summed E-state index contributed by atoms with van der Waals surface area (Å²) in [6.07, 6.45) is 0. The summed E-state index contributed by atoms with van der Waals surface area (Å²) in [5.41, 5.74) is -0.471. The molecule has 0 saturated carbocycles. The Hall–Kier alpha value is -3.89. The highest BCUT2D eigenvalue weighted by Gasteiger charge is 2.41. The topological polar surface area (TPSA) is 122 Å². The maximum Gasteiger partial charge on any atom is 0.339 e. The van der Waals surface area contributed by atoms with Crippen LogP contribution in [0.5, 0.6) is 23.0 Å². The van der Waals surface area contributed by atoms with Crippen LogP contribution in [-0.4, -0.2) is 47.1 Å². The minimum absolute atomic E-state index is 0.0663. The van der Waals surface area contributed by atoms with Gasteiger partial charge in [0, 0.05) is 11.1 Å². The highest BCUT2D eigenvalue weighted by Crippen LogP contribution is 2.47. The molecule has 9 nitrogen and oxygen atoms in total. The van der Waals surface area contributed by atoms with Crippen molar-refractivity contribution in [3.8, 4) is 23.0 Å². The third-order valence-electron chi connectivity index (χ3n) is 5.87. The lowest BCUT2D eigenvalue weighted by Crippen LogP contribution is -2.25. The maximum atomic E-state index is 13.9. The van der Waals surface area contributed by atoms with E-state index >= 15 is 0 Å². The minimum Gasteiger partial charge on any atom is -0.496 e. The molecule has 11 heteroatoms. The maximum absolute atomic E-state index is 13.9. The summed E-state index contributed by atoms with van der Waals surface area (Å²) in [6, 6.07) is 8.26. The van der Waals surface area contributed by atoms with Crippen molar-refractivity contribution < 1.29 is 41.2 Å². The van der Waals surface area contributed by atoms with Crippen LogP contribution in [0.15, 0.2) is 41.3 Å². The lowest BCUT2D eigenvalue weighted by atomic mass is 9.81. The number of hydrogen-bond acceptors (Lipinski definition) is 9. The van der Waals surface area contributed by atoms with Crippen LogP contribution >= 0.6 is 11.6 Å². The van der Waals surface area contributed by atoms with Crippen molar-refractivity contribution in [2.45, 2.75) is 18.7 Å². The molecule has 0 unspecified atom stereocenters. The van der Waals surface area contributed by atoms with Crippen LogP contribution in [0.2, 0.25) is 5.02 Å². The fourth-order valence-electron chi connectivity index (χ4n) is 4.10. The smallest absolute Gasteiger partial charge is 0.339 e. The lowest BCUT2D eigenvalue weighted by molar-refractivity contribution is 0.0972. The Labute approximate surface area is 218 Å². The fraction of sp³-hybridized carbons (Fsp3) is 0.192. The number of Topliss-reactive ketones (excluding diaryl/α,β-unsaturated/α-hetero) is 1. The second-order valence-corrected chi connectivity index (χ2v) is 10.0. The molecule has 3 aromatic rings. The number of ketones is 3. The molecule has 0 saturated heterocycles. The van der Waals surface area contributed by atoms with Crippen LogP contribution in [0.4, 0.5) is 0 Å². The second-order valence-electron chi connectivity index (χ2n) is 8.12. The fourth-order valence-corrected chi connectivity index (χ4v) is 5.36. The Morgan fingerprint density at radius 1 is 0.811 bits per heavy atom. The summed E-state index contributed by atoms with van der Waals surface area (Å²) in [5.74, 6) is -2.98. The molecule has 0 heterocycles. The van der Waals surface area contributed by atoms with Gasteiger partial charge in [-0.2, -0.15) is 8.42 Å². The van der Waals surface area contributed by atoms with Crippen molar-refractivity contribution in [3.63, 3.8) is 0 Å². The third-order valence-corrected chi connectivity index (χ3v) is 7.47. The van der Waals surface area contributed by atoms with Gasteiger partial charge in [0.15, 0.2) is 23.1 Å². The van der Waals surface area contributed by atoms with Crippen LogP contribution in [0.3, 0.4) is 0 Å². The minimum atomic E-state index is -4.55. The zero-order valence-corrected chi connectivity index (χ0v) is 22.0. The van der Waals surface area contributed by atoms with Gasteiger partial charge in [0.1, 0.15) is 27.0 Å². The molecule has 0 atom stereocenters. The van der Waals surface area contributed by atoms with E-state index in [4.69, 9.17) is 30.0 Å². The molecule has 0 spiro atoms. The molecule has 37 heavy (non-hydrogen) atoms. The predicted octanol–water partition coefficient (Wildman–Crippen LogP) is 4.42. The van der Waals surface area contributed by atoms with Crippen molar-refractivity contribution >= 4 is 39.1 Å². The summed E-state index contributed by atoms with van der Waals surface area (Å²) < 4.78 is 47.8. The van der Waals surface area contributed by atoms with E-state index in [-0.39, 0.29) is 49.4 Å². The Balaban J connectivity index is 2.06. The van der Waals surface area contributed by atoms with Gasteiger partial charge in [-0.05, 0) is 38.1 Å². The lowest BCUT2D eigenvalue weighted by Gasteiger charge is -2.25. The molecule has 1 aliphatic rings. The largest absolute Gasteiger partial charge is 0.496 e. The number of ether oxygens (including phenoxy) is 3. The molecule has 0 N–H and O–H groups in total. The number of methoxy groups -OCH3 is 3. The van der Waals surface area contributed by atoms with Crippen molar-refractivity contribution in [1.82, 2.24) is 0 Å². The van der Waals surface area contributed by atoms with Gasteiger partial charge in [-0.3, -0.25) is 14.4 Å². The molecule has 4 rings (SSSR count). The summed E-state index contributed by atoms with van der Waals surface area (Å²) in [6.45, 7) is 2.93. The van der Waals surface area contributed by atoms with Gasteiger partial charge in [-0.1, -0.05) is 29.3 Å². The Morgan fingerprint density at radius 2 is 1.35 bits per heavy atom. The SMILES string of the molecule is COc1cc2c(c(OC)c1Cl)C(=O)c1c(cc(OC)c(C(C)=O)c1OS(=O)(=O)c1ccc(C)cc1)C2=O. The molecule has 0 bridgehead atoms. The number of halogens is 1. The van der Waals surface area contributed by atoms with Gasteiger partial charge in [-0.15, -0.1) is 0 Å². The zero-order valence-electron chi connectivity index (χ0n) is 20.4. The molecular weight excluding hydrogens is 524 g/mol. The quantitative estimate of drug-likeness (QED) is 0.246. The highest BCUT2D eigenvalue weighted by atomic mass is 35.5. The van der Waals surface area contributed by atoms with Crippen molar-refractivity contribution in [3.05, 3.63) is 74.8 Å². The predicted molar refractivity (Wildman–Crippen MR) is 133 cm³/mol. The van der Waals surface area contributed by atoms with E-state index in [1.165, 1.54) is 45.6 Å². The number of carbonyl (C=O) groups is 3. The van der Waals surface area contributed by atoms with E-state index in [0.29, 0.717) is 0 Å². The van der Waals surface area contributed by atoms with Crippen LogP contribution < -0.4 is 18.4 Å². The monoisotopic (exact) mass is 544 g/mol. The van der Waals surface area contributed by atoms with E-state index in [9.17, 15) is 22.8 Å². The van der Waals surface area contributed by atoms with Crippen LogP contribution in [0.25, 0.3) is 0 Å². The summed E-state index contributed by atoms with van der Waals surface area (Å²) >= 11 is 6.34. The van der Waals surface area contributed by atoms with E-state index in [2.05, 4.69) is 0 Å². The van der Waals surface area contributed by atoms with E-state index < -0.39 is 38.8 Å². The molecule has 3 aromatic carbocycles. The normalized spacial score (nSPS) is 12.5. The second kappa shape index (κ2) is 9.53. The third kappa shape index (κ3) is 4.21. The summed E-state index contributed by atoms with van der Waals surface area (Å²) in [7, 11) is -0.723. The zero-order chi connectivity index (χ0) is 27.2. The average Bonchev–Trinajstić information content (AvgIpc) is 2.86. The van der Waals surface area contributed by atoms with E-state index in [1.807, 2.05) is 0 Å². The van der Waals surface area contributed by atoms with Crippen molar-refractivity contribution in [2.75, 3.05) is 21.3 Å². The number of aryl methyl sites for hydroxylation is 1. The molecule has 0 radical (unpaired) electrons. The summed E-state index contributed by atoms with van der Waals surface area (Å²) in [5, 5.41) is -0.0663. The van der Waals surface area contributed by atoms with E-state index in [1.54, 1.807) is 19.1 Å². The van der Waals surface area contributed by atoms with Crippen LogP contribution in [-0.2, 0) is 10.1 Å². The van der Waals surface area contributed by atoms with Crippen LogP contribution in [0, 0.1) is 6.92 Å². The van der Waals surface area contributed by atoms with Gasteiger partial charge in [0.05, 0.1) is 32.5 Å². The Morgan fingerprint density at radius 3 is 1.86 bits per heavy atom. The standard InChI is InChI=1S/C26H21ClO9S/c1-12-6-8-14(9-7-12)37(31,32)36-25-19(13(2)28)17(33-3)10-15-20(25)24(30)21-16(23(15)29)11-18(34-4)22(27)26(21)35-5/h6-11H,1-5H3.